The summed E-state index contributed by atoms with van der Waals surface area (Å²) in [5.41, 5.74) is 2.33. The van der Waals surface area contributed by atoms with Crippen molar-refractivity contribution in [2.45, 2.75) is 70.1 Å². The molecule has 0 radical (unpaired) electrons. The second-order valence-corrected chi connectivity index (χ2v) is 8.82. The van der Waals surface area contributed by atoms with Crippen molar-refractivity contribution < 1.29 is 14.0 Å². The Balaban J connectivity index is 1.37. The Morgan fingerprint density at radius 3 is 2.83 bits per heavy atom. The van der Waals surface area contributed by atoms with Crippen molar-refractivity contribution in [2.24, 2.45) is 0 Å². The number of amides is 2. The van der Waals surface area contributed by atoms with E-state index < -0.39 is 6.04 Å². The van der Waals surface area contributed by atoms with Crippen LogP contribution in [0.4, 0.5) is 10.1 Å². The molecule has 2 fully saturated rings. The highest BCUT2D eigenvalue weighted by Gasteiger charge is 2.37. The number of rotatable bonds is 3. The van der Waals surface area contributed by atoms with Crippen LogP contribution in [0.3, 0.4) is 0 Å². The molecule has 2 aliphatic heterocycles. The molecule has 1 aliphatic carbocycles. The molecule has 2 N–H and O–H groups in total. The molecule has 1 aromatic rings. The lowest BCUT2D eigenvalue weighted by molar-refractivity contribution is -0.141. The van der Waals surface area contributed by atoms with Gasteiger partial charge in [-0.1, -0.05) is 6.07 Å². The molecule has 0 bridgehead atoms. The molecule has 1 saturated carbocycles. The van der Waals surface area contributed by atoms with E-state index in [9.17, 15) is 14.0 Å². The number of likely N-dealkylation sites (N-methyl/N-ethyl adjacent to an activating group) is 1. The maximum Gasteiger partial charge on any atom is 0.243 e. The molecular weight excluding hydrogens is 371 g/mol. The van der Waals surface area contributed by atoms with E-state index in [0.717, 1.165) is 50.0 Å². The first-order valence-electron chi connectivity index (χ1n) is 10.7. The zero-order valence-corrected chi connectivity index (χ0v) is 17.5. The largest absolute Gasteiger partial charge is 0.373 e. The predicted octanol–water partition coefficient (Wildman–Crippen LogP) is 2.06. The average Bonchev–Trinajstić information content (AvgIpc) is 3.16. The van der Waals surface area contributed by atoms with Crippen molar-refractivity contribution in [3.05, 3.63) is 29.1 Å². The molecule has 4 rings (SSSR count). The molecule has 4 atom stereocenters. The van der Waals surface area contributed by atoms with E-state index in [4.69, 9.17) is 0 Å². The third-order valence-electron chi connectivity index (χ3n) is 6.89. The lowest BCUT2D eigenvalue weighted by Gasteiger charge is -2.44. The van der Waals surface area contributed by atoms with E-state index in [1.54, 1.807) is 11.0 Å². The van der Waals surface area contributed by atoms with Gasteiger partial charge in [0.15, 0.2) is 0 Å². The van der Waals surface area contributed by atoms with E-state index >= 15 is 0 Å². The van der Waals surface area contributed by atoms with E-state index in [0.29, 0.717) is 18.0 Å². The van der Waals surface area contributed by atoms with Crippen LogP contribution >= 0.6 is 0 Å². The molecule has 6 nitrogen and oxygen atoms in total. The number of hydrogen-bond donors (Lipinski definition) is 2. The lowest BCUT2D eigenvalue weighted by Crippen LogP contribution is -2.59. The maximum absolute atomic E-state index is 14.1. The summed E-state index contributed by atoms with van der Waals surface area (Å²) in [4.78, 5) is 29.3. The zero-order valence-electron chi connectivity index (χ0n) is 17.5. The first-order valence-corrected chi connectivity index (χ1v) is 10.7. The van der Waals surface area contributed by atoms with Crippen molar-refractivity contribution >= 4 is 17.5 Å². The van der Waals surface area contributed by atoms with Crippen molar-refractivity contribution in [3.8, 4) is 0 Å². The van der Waals surface area contributed by atoms with Crippen LogP contribution in [0.5, 0.6) is 0 Å². The Morgan fingerprint density at radius 1 is 1.28 bits per heavy atom. The summed E-state index contributed by atoms with van der Waals surface area (Å²) < 4.78 is 14.1. The van der Waals surface area contributed by atoms with E-state index in [2.05, 4.69) is 15.5 Å². The number of aryl methyl sites for hydroxylation is 1. The molecule has 1 saturated heterocycles. The summed E-state index contributed by atoms with van der Waals surface area (Å²) in [6, 6.07) is 3.09. The highest BCUT2D eigenvalue weighted by atomic mass is 19.1. The second kappa shape index (κ2) is 7.94. The lowest BCUT2D eigenvalue weighted by atomic mass is 9.88. The van der Waals surface area contributed by atoms with Gasteiger partial charge in [-0.05, 0) is 51.2 Å². The van der Waals surface area contributed by atoms with Gasteiger partial charge in [-0.3, -0.25) is 14.5 Å². The van der Waals surface area contributed by atoms with Gasteiger partial charge in [-0.25, -0.2) is 4.39 Å². The van der Waals surface area contributed by atoms with Crippen molar-refractivity contribution in [1.82, 2.24) is 15.1 Å². The molecule has 3 unspecified atom stereocenters. The third-order valence-corrected chi connectivity index (χ3v) is 6.89. The number of fused-ring (bicyclic) bond motifs is 1. The first kappa shape index (κ1) is 20.1. The second-order valence-electron chi connectivity index (χ2n) is 8.82. The smallest absolute Gasteiger partial charge is 0.243 e. The van der Waals surface area contributed by atoms with Gasteiger partial charge in [0.2, 0.25) is 11.8 Å². The van der Waals surface area contributed by atoms with Crippen LogP contribution in [0.2, 0.25) is 0 Å². The normalized spacial score (nSPS) is 30.1. The summed E-state index contributed by atoms with van der Waals surface area (Å²) in [6.07, 6.45) is 4.29. The number of benzene rings is 1. The van der Waals surface area contributed by atoms with E-state index in [1.165, 1.54) is 6.07 Å². The molecule has 1 aromatic carbocycles. The number of hydrogen-bond acceptors (Lipinski definition) is 4. The molecule has 0 aromatic heterocycles. The Morgan fingerprint density at radius 2 is 2.07 bits per heavy atom. The zero-order chi connectivity index (χ0) is 20.7. The predicted molar refractivity (Wildman–Crippen MR) is 110 cm³/mol. The van der Waals surface area contributed by atoms with E-state index in [-0.39, 0.29) is 29.7 Å². The Hall–Kier alpha value is -2.15. The van der Waals surface area contributed by atoms with Gasteiger partial charge in [-0.15, -0.1) is 0 Å². The number of halogens is 1. The first-order chi connectivity index (χ1) is 13.8. The number of piperazine rings is 1. The van der Waals surface area contributed by atoms with Crippen LogP contribution in [0.25, 0.3) is 0 Å². The Labute approximate surface area is 171 Å². The molecular formula is C22H31FN4O2. The van der Waals surface area contributed by atoms with Crippen LogP contribution in [0, 0.1) is 12.7 Å². The van der Waals surface area contributed by atoms with E-state index in [1.807, 2.05) is 20.9 Å². The summed E-state index contributed by atoms with van der Waals surface area (Å²) in [5, 5.41) is 6.41. The number of carbonyl (C=O) groups is 2. The molecule has 0 spiro atoms. The summed E-state index contributed by atoms with van der Waals surface area (Å²) in [7, 11) is 1.86. The fraction of sp³-hybridized carbons (Fsp3) is 0.636. The highest BCUT2D eigenvalue weighted by Crippen LogP contribution is 2.32. The van der Waals surface area contributed by atoms with Gasteiger partial charge >= 0.3 is 0 Å². The van der Waals surface area contributed by atoms with Gasteiger partial charge in [0.1, 0.15) is 11.9 Å². The number of nitrogens with zero attached hydrogens (tertiary/aromatic N) is 2. The summed E-state index contributed by atoms with van der Waals surface area (Å²) in [6.45, 7) is 5.55. The van der Waals surface area contributed by atoms with Crippen LogP contribution in [-0.4, -0.2) is 65.9 Å². The summed E-state index contributed by atoms with van der Waals surface area (Å²) >= 11 is 0. The molecule has 3 aliphatic rings. The van der Waals surface area contributed by atoms with Crippen molar-refractivity contribution in [3.63, 3.8) is 0 Å². The third kappa shape index (κ3) is 3.84. The monoisotopic (exact) mass is 402 g/mol. The minimum atomic E-state index is -0.426. The molecule has 2 heterocycles. The number of anilines is 1. The maximum atomic E-state index is 14.1. The van der Waals surface area contributed by atoms with Gasteiger partial charge in [-0.2, -0.15) is 0 Å². The molecule has 29 heavy (non-hydrogen) atoms. The Bertz CT molecular complexity index is 783. The van der Waals surface area contributed by atoms with Gasteiger partial charge < -0.3 is 15.5 Å². The summed E-state index contributed by atoms with van der Waals surface area (Å²) in [5.74, 6) is -0.138. The highest BCUT2D eigenvalue weighted by molar-refractivity contribution is 5.88. The van der Waals surface area contributed by atoms with Gasteiger partial charge in [0.05, 0.1) is 6.04 Å². The topological polar surface area (TPSA) is 64.7 Å². The molecule has 158 valence electrons. The van der Waals surface area contributed by atoms with Gasteiger partial charge in [0, 0.05) is 49.9 Å². The number of carbonyl (C=O) groups excluding carboxylic acids is 2. The minimum Gasteiger partial charge on any atom is -0.373 e. The quantitative estimate of drug-likeness (QED) is 0.812. The average molecular weight is 403 g/mol. The Kier molecular flexibility index (Phi) is 5.51. The SMILES string of the molecule is Cc1ccc(F)c2c1NC(C(=O)N[C@@H]1CCCC(N3CCN(C)C(=O)C3C)C1)C2. The fourth-order valence-corrected chi connectivity index (χ4v) is 5.15. The molecule has 7 heteroatoms. The van der Waals surface area contributed by atoms with Gasteiger partial charge in [0.25, 0.3) is 0 Å². The van der Waals surface area contributed by atoms with Crippen LogP contribution < -0.4 is 10.6 Å². The van der Waals surface area contributed by atoms with Crippen molar-refractivity contribution in [1.29, 1.82) is 0 Å². The molecule has 2 amide bonds. The van der Waals surface area contributed by atoms with Crippen LogP contribution in [0.15, 0.2) is 12.1 Å². The number of nitrogens with one attached hydrogen (secondary N) is 2. The van der Waals surface area contributed by atoms with Crippen molar-refractivity contribution in [2.75, 3.05) is 25.5 Å². The van der Waals surface area contributed by atoms with Crippen LogP contribution in [0.1, 0.15) is 43.7 Å². The minimum absolute atomic E-state index is 0.0619. The fourth-order valence-electron chi connectivity index (χ4n) is 5.15. The van der Waals surface area contributed by atoms with Crippen LogP contribution in [-0.2, 0) is 16.0 Å². The standard InChI is InChI=1S/C22H31FN4O2/c1-13-7-8-18(23)17-12-19(25-20(13)17)21(28)24-15-5-4-6-16(11-15)27-10-9-26(3)22(29)14(27)2/h7-8,14-16,19,25H,4-6,9-12H2,1-3H3,(H,24,28)/t14?,15-,16?,19?/m1/s1.